The van der Waals surface area contributed by atoms with Crippen LogP contribution < -0.4 is 0 Å². The van der Waals surface area contributed by atoms with Crippen molar-refractivity contribution >= 4 is 11.6 Å². The number of nitrogens with zero attached hydrogens (tertiary/aromatic N) is 3. The molecule has 0 aromatic carbocycles. The van der Waals surface area contributed by atoms with E-state index in [-0.39, 0.29) is 0 Å². The number of pyridine rings is 1. The molecule has 0 fully saturated rings. The van der Waals surface area contributed by atoms with Gasteiger partial charge in [0.25, 0.3) is 0 Å². The van der Waals surface area contributed by atoms with Gasteiger partial charge in [0.2, 0.25) is 0 Å². The van der Waals surface area contributed by atoms with E-state index >= 15 is 0 Å². The zero-order valence-corrected chi connectivity index (χ0v) is 8.85. The smallest absolute Gasteiger partial charge is 0.134 e. The number of halogens is 1. The third-order valence-corrected chi connectivity index (χ3v) is 2.24. The first-order valence-corrected chi connectivity index (χ1v) is 5.18. The Morgan fingerprint density at radius 3 is 2.67 bits per heavy atom. The molecule has 2 aromatic rings. The van der Waals surface area contributed by atoms with Crippen LogP contribution in [0.4, 0.5) is 0 Å². The molecule has 0 saturated heterocycles. The third kappa shape index (κ3) is 2.73. The minimum Gasteiger partial charge on any atom is -0.261 e. The fourth-order valence-corrected chi connectivity index (χ4v) is 1.41. The summed E-state index contributed by atoms with van der Waals surface area (Å²) in [6, 6.07) is 7.61. The molecule has 2 rings (SSSR count). The summed E-state index contributed by atoms with van der Waals surface area (Å²) >= 11 is 5.70. The van der Waals surface area contributed by atoms with Crippen molar-refractivity contribution in [3.05, 3.63) is 53.9 Å². The third-order valence-electron chi connectivity index (χ3n) is 1.97. The topological polar surface area (TPSA) is 38.7 Å². The van der Waals surface area contributed by atoms with E-state index in [9.17, 15) is 0 Å². The lowest BCUT2D eigenvalue weighted by molar-refractivity contribution is 0.911. The molecule has 0 aliphatic rings. The van der Waals surface area contributed by atoms with Crippen LogP contribution in [0.2, 0.25) is 0 Å². The second-order valence-electron chi connectivity index (χ2n) is 3.10. The lowest BCUT2D eigenvalue weighted by Gasteiger charge is -2.00. The van der Waals surface area contributed by atoms with Crippen LogP contribution >= 0.6 is 11.6 Å². The predicted octanol–water partition coefficient (Wildman–Crippen LogP) is 2.20. The Balaban J connectivity index is 2.17. The number of aromatic nitrogens is 3. The van der Waals surface area contributed by atoms with Gasteiger partial charge in [0.1, 0.15) is 5.82 Å². The normalized spacial score (nSPS) is 10.2. The molecule has 2 heterocycles. The minimum absolute atomic E-state index is 0.414. The van der Waals surface area contributed by atoms with Crippen molar-refractivity contribution in [2.45, 2.75) is 12.3 Å². The van der Waals surface area contributed by atoms with Crippen LogP contribution in [0.25, 0.3) is 0 Å². The first kappa shape index (κ1) is 10.1. The van der Waals surface area contributed by atoms with Crippen LogP contribution in [0.5, 0.6) is 0 Å². The Morgan fingerprint density at radius 2 is 1.93 bits per heavy atom. The minimum atomic E-state index is 0.414. The van der Waals surface area contributed by atoms with Crippen LogP contribution in [0.3, 0.4) is 0 Å². The Kier molecular flexibility index (Phi) is 3.25. The molecular weight excluding hydrogens is 210 g/mol. The molecule has 0 aliphatic heterocycles. The molecule has 0 amide bonds. The Morgan fingerprint density at radius 1 is 1.00 bits per heavy atom. The van der Waals surface area contributed by atoms with Crippen molar-refractivity contribution in [3.8, 4) is 0 Å². The molecule has 0 bridgehead atoms. The van der Waals surface area contributed by atoms with Gasteiger partial charge in [0.05, 0.1) is 18.0 Å². The average Bonchev–Trinajstić information content (AvgIpc) is 2.31. The Labute approximate surface area is 93.2 Å². The molecule has 3 nitrogen and oxygen atoms in total. The van der Waals surface area contributed by atoms with Crippen LogP contribution in [0.1, 0.15) is 17.2 Å². The van der Waals surface area contributed by atoms with Gasteiger partial charge in [-0.1, -0.05) is 6.07 Å². The summed E-state index contributed by atoms with van der Waals surface area (Å²) in [4.78, 5) is 12.7. The lowest BCUT2D eigenvalue weighted by Crippen LogP contribution is -1.99. The SMILES string of the molecule is ClCc1ccnc(Cc2ccccn2)n1. The molecule has 15 heavy (non-hydrogen) atoms. The molecule has 0 spiro atoms. The molecule has 0 aliphatic carbocycles. The van der Waals surface area contributed by atoms with E-state index in [4.69, 9.17) is 11.6 Å². The fourth-order valence-electron chi connectivity index (χ4n) is 1.27. The van der Waals surface area contributed by atoms with Crippen molar-refractivity contribution < 1.29 is 0 Å². The van der Waals surface area contributed by atoms with Crippen molar-refractivity contribution in [1.82, 2.24) is 15.0 Å². The number of hydrogen-bond acceptors (Lipinski definition) is 3. The molecule has 0 saturated carbocycles. The van der Waals surface area contributed by atoms with Crippen molar-refractivity contribution in [2.24, 2.45) is 0 Å². The largest absolute Gasteiger partial charge is 0.261 e. The van der Waals surface area contributed by atoms with Crippen LogP contribution in [-0.4, -0.2) is 15.0 Å². The van der Waals surface area contributed by atoms with E-state index in [0.717, 1.165) is 17.2 Å². The quantitative estimate of drug-likeness (QED) is 0.743. The monoisotopic (exact) mass is 219 g/mol. The van der Waals surface area contributed by atoms with Gasteiger partial charge in [-0.3, -0.25) is 4.98 Å². The van der Waals surface area contributed by atoms with E-state index < -0.39 is 0 Å². The zero-order chi connectivity index (χ0) is 10.5. The summed E-state index contributed by atoms with van der Waals surface area (Å²) in [6.45, 7) is 0. The first-order valence-electron chi connectivity index (χ1n) is 4.65. The molecule has 0 unspecified atom stereocenters. The summed E-state index contributed by atoms with van der Waals surface area (Å²) in [5.41, 5.74) is 1.81. The number of rotatable bonds is 3. The van der Waals surface area contributed by atoms with Gasteiger partial charge in [0, 0.05) is 18.1 Å². The Bertz CT molecular complexity index is 431. The highest BCUT2D eigenvalue weighted by molar-refractivity contribution is 6.16. The van der Waals surface area contributed by atoms with E-state index in [1.807, 2.05) is 24.3 Å². The van der Waals surface area contributed by atoms with Crippen LogP contribution in [0.15, 0.2) is 36.7 Å². The molecule has 2 aromatic heterocycles. The highest BCUT2D eigenvalue weighted by Crippen LogP contribution is 2.04. The summed E-state index contributed by atoms with van der Waals surface area (Å²) in [5, 5.41) is 0. The van der Waals surface area contributed by atoms with E-state index in [0.29, 0.717) is 12.3 Å². The highest BCUT2D eigenvalue weighted by atomic mass is 35.5. The molecule has 4 heteroatoms. The van der Waals surface area contributed by atoms with Gasteiger partial charge in [0.15, 0.2) is 0 Å². The molecule has 0 atom stereocenters. The van der Waals surface area contributed by atoms with Crippen molar-refractivity contribution in [3.63, 3.8) is 0 Å². The van der Waals surface area contributed by atoms with E-state index in [1.165, 1.54) is 0 Å². The molecule has 0 N–H and O–H groups in total. The standard InChI is InChI=1S/C11H10ClN3/c12-8-10-4-6-14-11(15-10)7-9-3-1-2-5-13-9/h1-6H,7-8H2. The molecular formula is C11H10ClN3. The van der Waals surface area contributed by atoms with E-state index in [1.54, 1.807) is 12.4 Å². The summed E-state index contributed by atoms with van der Waals surface area (Å²) < 4.78 is 0. The van der Waals surface area contributed by atoms with Crippen LogP contribution in [-0.2, 0) is 12.3 Å². The maximum Gasteiger partial charge on any atom is 0.134 e. The van der Waals surface area contributed by atoms with Gasteiger partial charge in [-0.15, -0.1) is 11.6 Å². The molecule has 76 valence electrons. The number of hydrogen-bond donors (Lipinski definition) is 0. The van der Waals surface area contributed by atoms with Crippen LogP contribution in [0, 0.1) is 0 Å². The summed E-state index contributed by atoms with van der Waals surface area (Å²) in [7, 11) is 0. The summed E-state index contributed by atoms with van der Waals surface area (Å²) in [6.07, 6.45) is 4.13. The lowest BCUT2D eigenvalue weighted by atomic mass is 10.2. The maximum atomic E-state index is 5.70. The molecule has 0 radical (unpaired) electrons. The fraction of sp³-hybridized carbons (Fsp3) is 0.182. The Hall–Kier alpha value is -1.48. The predicted molar refractivity (Wildman–Crippen MR) is 58.6 cm³/mol. The second-order valence-corrected chi connectivity index (χ2v) is 3.36. The second kappa shape index (κ2) is 4.84. The zero-order valence-electron chi connectivity index (χ0n) is 8.10. The van der Waals surface area contributed by atoms with Crippen molar-refractivity contribution in [2.75, 3.05) is 0 Å². The number of alkyl halides is 1. The maximum absolute atomic E-state index is 5.70. The first-order chi connectivity index (χ1) is 7.38. The highest BCUT2D eigenvalue weighted by Gasteiger charge is 2.00. The van der Waals surface area contributed by atoms with E-state index in [2.05, 4.69) is 15.0 Å². The van der Waals surface area contributed by atoms with Crippen molar-refractivity contribution in [1.29, 1.82) is 0 Å². The van der Waals surface area contributed by atoms with Gasteiger partial charge in [-0.25, -0.2) is 9.97 Å². The van der Waals surface area contributed by atoms with Gasteiger partial charge >= 0.3 is 0 Å². The average molecular weight is 220 g/mol. The van der Waals surface area contributed by atoms with Gasteiger partial charge in [-0.05, 0) is 18.2 Å². The van der Waals surface area contributed by atoms with Gasteiger partial charge < -0.3 is 0 Å². The summed E-state index contributed by atoms with van der Waals surface area (Å²) in [5.74, 6) is 1.17. The van der Waals surface area contributed by atoms with Gasteiger partial charge in [-0.2, -0.15) is 0 Å².